The van der Waals surface area contributed by atoms with Crippen LogP contribution >= 0.6 is 0 Å². The molecule has 1 N–H and O–H groups in total. The summed E-state index contributed by atoms with van der Waals surface area (Å²) >= 11 is 0. The van der Waals surface area contributed by atoms with Gasteiger partial charge in [0, 0.05) is 37.0 Å². The van der Waals surface area contributed by atoms with Crippen LogP contribution in [0.3, 0.4) is 0 Å². The van der Waals surface area contributed by atoms with E-state index in [1.165, 1.54) is 6.07 Å². The summed E-state index contributed by atoms with van der Waals surface area (Å²) in [7, 11) is -3.32. The first-order valence-electron chi connectivity index (χ1n) is 8.48. The number of hydrogen-bond donors (Lipinski definition) is 1. The first-order chi connectivity index (χ1) is 12.5. The van der Waals surface area contributed by atoms with E-state index in [-0.39, 0.29) is 30.1 Å². The van der Waals surface area contributed by atoms with E-state index in [4.69, 9.17) is 9.47 Å². The van der Waals surface area contributed by atoms with Crippen LogP contribution in [-0.4, -0.2) is 49.8 Å². The van der Waals surface area contributed by atoms with Gasteiger partial charge in [-0.25, -0.2) is 22.2 Å². The average molecular weight is 383 g/mol. The quantitative estimate of drug-likeness (QED) is 0.787. The van der Waals surface area contributed by atoms with Gasteiger partial charge in [0.2, 0.25) is 10.0 Å². The van der Waals surface area contributed by atoms with Gasteiger partial charge in [-0.15, -0.1) is 0 Å². The van der Waals surface area contributed by atoms with Crippen LogP contribution in [0.5, 0.6) is 5.75 Å². The summed E-state index contributed by atoms with van der Waals surface area (Å²) < 4.78 is 53.2. The summed E-state index contributed by atoms with van der Waals surface area (Å²) in [5, 5.41) is 4.06. The lowest BCUT2D eigenvalue weighted by Gasteiger charge is -2.31. The van der Waals surface area contributed by atoms with Gasteiger partial charge < -0.3 is 9.47 Å². The van der Waals surface area contributed by atoms with E-state index in [1.807, 2.05) is 0 Å². The van der Waals surface area contributed by atoms with Gasteiger partial charge in [0.25, 0.3) is 0 Å². The molecule has 0 bridgehead atoms. The Balaban J connectivity index is 1.65. The number of benzene rings is 1. The molecular formula is C17H22FN3O4S. The van der Waals surface area contributed by atoms with Crippen molar-refractivity contribution in [2.24, 2.45) is 5.92 Å². The highest BCUT2D eigenvalue weighted by atomic mass is 32.2. The highest BCUT2D eigenvalue weighted by Crippen LogP contribution is 2.23. The second kappa shape index (κ2) is 8.15. The zero-order chi connectivity index (χ0) is 18.6. The number of rotatable bonds is 7. The molecule has 0 aliphatic carbocycles. The summed E-state index contributed by atoms with van der Waals surface area (Å²) in [6.45, 7) is 2.60. The number of aromatic nitrogens is 2. The fourth-order valence-corrected chi connectivity index (χ4v) is 3.74. The molecule has 2 aromatic rings. The van der Waals surface area contributed by atoms with Gasteiger partial charge in [-0.1, -0.05) is 0 Å². The Morgan fingerprint density at radius 3 is 3.00 bits per heavy atom. The maximum absolute atomic E-state index is 14.3. The third kappa shape index (κ3) is 4.60. The molecule has 0 radical (unpaired) electrons. The Kier molecular flexibility index (Phi) is 5.90. The van der Waals surface area contributed by atoms with Crippen LogP contribution in [0.4, 0.5) is 4.39 Å². The molecule has 7 nitrogen and oxygen atoms in total. The Hall–Kier alpha value is -1.97. The van der Waals surface area contributed by atoms with Gasteiger partial charge in [-0.05, 0) is 31.5 Å². The maximum Gasteiger partial charge on any atom is 0.211 e. The number of halogens is 1. The Labute approximate surface area is 152 Å². The van der Waals surface area contributed by atoms with Crippen molar-refractivity contribution in [2.75, 3.05) is 25.6 Å². The van der Waals surface area contributed by atoms with Crippen molar-refractivity contribution < 1.29 is 22.3 Å². The Morgan fingerprint density at radius 2 is 2.31 bits per heavy atom. The largest absolute Gasteiger partial charge is 0.490 e. The predicted octanol–water partition coefficient (Wildman–Crippen LogP) is 1.73. The molecule has 1 saturated heterocycles. The van der Waals surface area contributed by atoms with Gasteiger partial charge in [0.15, 0.2) is 11.6 Å². The molecule has 2 unspecified atom stereocenters. The van der Waals surface area contributed by atoms with Crippen molar-refractivity contribution in [3.63, 3.8) is 0 Å². The number of sulfonamides is 1. The summed E-state index contributed by atoms with van der Waals surface area (Å²) in [4.78, 5) is 0. The van der Waals surface area contributed by atoms with Crippen molar-refractivity contribution >= 4 is 10.0 Å². The molecule has 1 aromatic heterocycles. The molecular weight excluding hydrogens is 361 g/mol. The molecule has 26 heavy (non-hydrogen) atoms. The molecule has 1 aliphatic rings. The average Bonchev–Trinajstić information content (AvgIpc) is 3.16. The van der Waals surface area contributed by atoms with Crippen LogP contribution in [0.25, 0.3) is 5.69 Å². The summed E-state index contributed by atoms with van der Waals surface area (Å²) in [6, 6.07) is 6.07. The van der Waals surface area contributed by atoms with Crippen molar-refractivity contribution in [3.05, 3.63) is 42.5 Å². The number of nitrogens with zero attached hydrogens (tertiary/aromatic N) is 2. The third-order valence-corrected chi connectivity index (χ3v) is 5.74. The molecule has 0 spiro atoms. The zero-order valence-electron chi connectivity index (χ0n) is 14.5. The van der Waals surface area contributed by atoms with Crippen LogP contribution in [0.2, 0.25) is 0 Å². The lowest BCUT2D eigenvalue weighted by atomic mass is 9.98. The van der Waals surface area contributed by atoms with E-state index in [9.17, 15) is 12.8 Å². The maximum atomic E-state index is 14.3. The molecule has 2 atom stereocenters. The minimum absolute atomic E-state index is 0.0153. The van der Waals surface area contributed by atoms with E-state index >= 15 is 0 Å². The normalized spacial score (nSPS) is 20.8. The smallest absolute Gasteiger partial charge is 0.211 e. The minimum atomic E-state index is -3.32. The van der Waals surface area contributed by atoms with Gasteiger partial charge >= 0.3 is 0 Å². The Bertz CT molecular complexity index is 827. The van der Waals surface area contributed by atoms with E-state index in [0.717, 1.165) is 0 Å². The van der Waals surface area contributed by atoms with Gasteiger partial charge in [0.1, 0.15) is 0 Å². The van der Waals surface area contributed by atoms with Crippen molar-refractivity contribution in [1.82, 2.24) is 14.5 Å². The van der Waals surface area contributed by atoms with Gasteiger partial charge in [-0.3, -0.25) is 0 Å². The number of hydrogen-bond acceptors (Lipinski definition) is 5. The van der Waals surface area contributed by atoms with Crippen LogP contribution in [0, 0.1) is 11.7 Å². The van der Waals surface area contributed by atoms with E-state index in [2.05, 4.69) is 9.82 Å². The molecule has 0 amide bonds. The fraction of sp³-hybridized carbons (Fsp3) is 0.471. The molecule has 1 aliphatic heterocycles. The zero-order valence-corrected chi connectivity index (χ0v) is 15.3. The van der Waals surface area contributed by atoms with Gasteiger partial charge in [0.05, 0.1) is 24.7 Å². The van der Waals surface area contributed by atoms with Gasteiger partial charge in [-0.2, -0.15) is 5.10 Å². The van der Waals surface area contributed by atoms with E-state index in [0.29, 0.717) is 25.3 Å². The number of nitrogens with one attached hydrogen (secondary N) is 1. The molecule has 0 saturated carbocycles. The highest BCUT2D eigenvalue weighted by Gasteiger charge is 2.29. The predicted molar refractivity (Wildman–Crippen MR) is 94.3 cm³/mol. The molecule has 1 fully saturated rings. The minimum Gasteiger partial charge on any atom is -0.490 e. The van der Waals surface area contributed by atoms with E-state index in [1.54, 1.807) is 42.2 Å². The number of ether oxygens (including phenoxy) is 2. The summed E-state index contributed by atoms with van der Waals surface area (Å²) in [6.07, 6.45) is 3.90. The van der Waals surface area contributed by atoms with Crippen LogP contribution in [0.15, 0.2) is 36.7 Å². The second-order valence-corrected chi connectivity index (χ2v) is 8.17. The first kappa shape index (κ1) is 18.8. The van der Waals surface area contributed by atoms with Crippen molar-refractivity contribution in [1.29, 1.82) is 0 Å². The molecule has 3 rings (SSSR count). The third-order valence-electron chi connectivity index (χ3n) is 4.32. The SMILES string of the molecule is CCS(=O)(=O)NC1CCOCC1COc1ccc(-n2cccn2)cc1F. The van der Waals surface area contributed by atoms with Crippen LogP contribution < -0.4 is 9.46 Å². The van der Waals surface area contributed by atoms with Crippen molar-refractivity contribution in [2.45, 2.75) is 19.4 Å². The molecule has 9 heteroatoms. The monoisotopic (exact) mass is 383 g/mol. The van der Waals surface area contributed by atoms with Crippen LogP contribution in [0.1, 0.15) is 13.3 Å². The first-order valence-corrected chi connectivity index (χ1v) is 10.1. The van der Waals surface area contributed by atoms with Crippen LogP contribution in [-0.2, 0) is 14.8 Å². The summed E-state index contributed by atoms with van der Waals surface area (Å²) in [5.41, 5.74) is 0.592. The topological polar surface area (TPSA) is 82.5 Å². The molecule has 2 heterocycles. The Morgan fingerprint density at radius 1 is 1.46 bits per heavy atom. The lowest BCUT2D eigenvalue weighted by Crippen LogP contribution is -2.48. The second-order valence-electron chi connectivity index (χ2n) is 6.13. The van der Waals surface area contributed by atoms with Crippen molar-refractivity contribution in [3.8, 4) is 11.4 Å². The highest BCUT2D eigenvalue weighted by molar-refractivity contribution is 7.89. The summed E-state index contributed by atoms with van der Waals surface area (Å²) in [5.74, 6) is -0.555. The lowest BCUT2D eigenvalue weighted by molar-refractivity contribution is 0.0180. The molecule has 142 valence electrons. The van der Waals surface area contributed by atoms with E-state index < -0.39 is 15.8 Å². The standard InChI is InChI=1S/C17H22FN3O4S/c1-2-26(22,23)20-16-6-9-24-11-13(16)12-25-17-5-4-14(10-15(17)18)21-8-3-7-19-21/h3-5,7-8,10,13,16,20H,2,6,9,11-12H2,1H3. The molecule has 1 aromatic carbocycles. The fourth-order valence-electron chi connectivity index (χ4n) is 2.80.